The second-order valence-electron chi connectivity index (χ2n) is 5.37. The zero-order chi connectivity index (χ0) is 16.4. The summed E-state index contributed by atoms with van der Waals surface area (Å²) in [6.07, 6.45) is 1.56. The summed E-state index contributed by atoms with van der Waals surface area (Å²) >= 11 is 1.62. The molecule has 0 amide bonds. The van der Waals surface area contributed by atoms with Crippen molar-refractivity contribution in [3.63, 3.8) is 0 Å². The number of carbonyl (C=O) groups is 1. The molecule has 1 aromatic carbocycles. The van der Waals surface area contributed by atoms with Crippen molar-refractivity contribution < 1.29 is 9.90 Å². The minimum atomic E-state index is -0.831. The molecule has 3 rings (SSSR count). The number of rotatable bonds is 5. The first kappa shape index (κ1) is 15.4. The molecule has 6 heteroatoms. The van der Waals surface area contributed by atoms with E-state index in [2.05, 4.69) is 53.4 Å². The van der Waals surface area contributed by atoms with Gasteiger partial charge in [-0.3, -0.25) is 4.79 Å². The van der Waals surface area contributed by atoms with Gasteiger partial charge >= 0.3 is 5.97 Å². The van der Waals surface area contributed by atoms with Crippen LogP contribution in [0.5, 0.6) is 0 Å². The lowest BCUT2D eigenvalue weighted by atomic mass is 10.0. The lowest BCUT2D eigenvalue weighted by Gasteiger charge is -2.08. The van der Waals surface area contributed by atoms with Crippen molar-refractivity contribution in [1.82, 2.24) is 9.97 Å². The Labute approximate surface area is 138 Å². The number of nitrogens with one attached hydrogen (secondary N) is 1. The highest BCUT2D eigenvalue weighted by molar-refractivity contribution is 7.19. The van der Waals surface area contributed by atoms with E-state index in [9.17, 15) is 4.79 Å². The standard InChI is InChI=1S/C17H17N3O2S/c1-10-3-5-12(6-4-10)14-11(2)23-17-15(14)16(19-9-20-17)18-8-7-13(21)22/h3-6,9H,7-8H2,1-2H3,(H,21,22)(H,18,19,20). The molecule has 2 heterocycles. The van der Waals surface area contributed by atoms with Crippen LogP contribution in [-0.4, -0.2) is 27.6 Å². The van der Waals surface area contributed by atoms with Crippen LogP contribution >= 0.6 is 11.3 Å². The molecule has 2 N–H and O–H groups in total. The summed E-state index contributed by atoms with van der Waals surface area (Å²) in [5.41, 5.74) is 3.45. The fraction of sp³-hybridized carbons (Fsp3) is 0.235. The molecule has 0 bridgehead atoms. The summed E-state index contributed by atoms with van der Waals surface area (Å²) in [4.78, 5) is 21.5. The van der Waals surface area contributed by atoms with E-state index >= 15 is 0 Å². The van der Waals surface area contributed by atoms with Crippen LogP contribution in [0.2, 0.25) is 0 Å². The van der Waals surface area contributed by atoms with Gasteiger partial charge in [0.05, 0.1) is 11.8 Å². The van der Waals surface area contributed by atoms with Crippen LogP contribution in [0.3, 0.4) is 0 Å². The molecule has 0 aliphatic rings. The molecule has 0 aliphatic carbocycles. The maximum Gasteiger partial charge on any atom is 0.305 e. The van der Waals surface area contributed by atoms with E-state index in [0.717, 1.165) is 21.3 Å². The predicted octanol–water partition coefficient (Wildman–Crippen LogP) is 3.86. The Balaban J connectivity index is 2.08. The van der Waals surface area contributed by atoms with E-state index in [0.29, 0.717) is 12.4 Å². The van der Waals surface area contributed by atoms with Gasteiger partial charge in [-0.05, 0) is 19.4 Å². The number of fused-ring (bicyclic) bond motifs is 1. The minimum absolute atomic E-state index is 0.0501. The maximum absolute atomic E-state index is 10.7. The molecule has 23 heavy (non-hydrogen) atoms. The Bertz CT molecular complexity index is 856. The van der Waals surface area contributed by atoms with Crippen LogP contribution < -0.4 is 5.32 Å². The minimum Gasteiger partial charge on any atom is -0.481 e. The number of hydrogen-bond donors (Lipinski definition) is 2. The second-order valence-corrected chi connectivity index (χ2v) is 6.58. The van der Waals surface area contributed by atoms with Crippen LogP contribution in [0.1, 0.15) is 16.9 Å². The molecular weight excluding hydrogens is 310 g/mol. The van der Waals surface area contributed by atoms with E-state index in [4.69, 9.17) is 5.11 Å². The van der Waals surface area contributed by atoms with Crippen LogP contribution in [0.25, 0.3) is 21.3 Å². The third-order valence-electron chi connectivity index (χ3n) is 3.64. The molecule has 0 fully saturated rings. The quantitative estimate of drug-likeness (QED) is 0.744. The van der Waals surface area contributed by atoms with Crippen LogP contribution in [0.4, 0.5) is 5.82 Å². The Kier molecular flexibility index (Phi) is 4.25. The smallest absolute Gasteiger partial charge is 0.305 e. The van der Waals surface area contributed by atoms with Gasteiger partial charge in [-0.2, -0.15) is 0 Å². The van der Waals surface area contributed by atoms with Gasteiger partial charge in [-0.15, -0.1) is 11.3 Å². The predicted molar refractivity (Wildman–Crippen MR) is 93.1 cm³/mol. The van der Waals surface area contributed by atoms with E-state index in [1.807, 2.05) is 0 Å². The molecule has 118 valence electrons. The van der Waals surface area contributed by atoms with Crippen molar-refractivity contribution in [3.8, 4) is 11.1 Å². The second kappa shape index (κ2) is 6.34. The number of aromatic nitrogens is 2. The average Bonchev–Trinajstić information content (AvgIpc) is 2.85. The number of nitrogens with zero attached hydrogens (tertiary/aromatic N) is 2. The van der Waals surface area contributed by atoms with Gasteiger partial charge in [-0.25, -0.2) is 9.97 Å². The SMILES string of the molecule is Cc1ccc(-c2c(C)sc3ncnc(NCCC(=O)O)c23)cc1. The Morgan fingerprint density at radius 3 is 2.65 bits per heavy atom. The topological polar surface area (TPSA) is 75.1 Å². The monoisotopic (exact) mass is 327 g/mol. The number of aliphatic carboxylic acids is 1. The number of hydrogen-bond acceptors (Lipinski definition) is 5. The molecule has 0 saturated carbocycles. The van der Waals surface area contributed by atoms with Crippen molar-refractivity contribution >= 4 is 33.3 Å². The van der Waals surface area contributed by atoms with Crippen molar-refractivity contribution in [1.29, 1.82) is 0 Å². The van der Waals surface area contributed by atoms with Gasteiger partial charge in [0.2, 0.25) is 0 Å². The molecule has 0 saturated heterocycles. The Morgan fingerprint density at radius 1 is 1.22 bits per heavy atom. The highest BCUT2D eigenvalue weighted by atomic mass is 32.1. The molecule has 0 radical (unpaired) electrons. The van der Waals surface area contributed by atoms with E-state index in [-0.39, 0.29) is 6.42 Å². The average molecular weight is 327 g/mol. The molecule has 2 aromatic heterocycles. The van der Waals surface area contributed by atoms with E-state index in [1.54, 1.807) is 11.3 Å². The number of benzene rings is 1. The zero-order valence-electron chi connectivity index (χ0n) is 13.0. The molecule has 0 atom stereocenters. The van der Waals surface area contributed by atoms with Gasteiger partial charge in [-0.1, -0.05) is 29.8 Å². The number of carboxylic acids is 1. The lowest BCUT2D eigenvalue weighted by Crippen LogP contribution is -2.09. The van der Waals surface area contributed by atoms with Gasteiger partial charge in [0.15, 0.2) is 0 Å². The number of anilines is 1. The zero-order valence-corrected chi connectivity index (χ0v) is 13.8. The Morgan fingerprint density at radius 2 is 1.96 bits per heavy atom. The van der Waals surface area contributed by atoms with Crippen LogP contribution in [0.15, 0.2) is 30.6 Å². The van der Waals surface area contributed by atoms with Gasteiger partial charge in [0.1, 0.15) is 17.0 Å². The van der Waals surface area contributed by atoms with Gasteiger partial charge in [0.25, 0.3) is 0 Å². The summed E-state index contributed by atoms with van der Waals surface area (Å²) in [5.74, 6) is -0.140. The molecule has 0 spiro atoms. The third kappa shape index (κ3) is 3.17. The van der Waals surface area contributed by atoms with Crippen LogP contribution in [0, 0.1) is 13.8 Å². The molecule has 0 aliphatic heterocycles. The maximum atomic E-state index is 10.7. The summed E-state index contributed by atoms with van der Waals surface area (Å²) in [6.45, 7) is 4.47. The first-order valence-electron chi connectivity index (χ1n) is 7.33. The molecule has 3 aromatic rings. The van der Waals surface area contributed by atoms with E-state index in [1.165, 1.54) is 16.8 Å². The molecule has 5 nitrogen and oxygen atoms in total. The van der Waals surface area contributed by atoms with E-state index < -0.39 is 5.97 Å². The number of aryl methyl sites for hydroxylation is 2. The third-order valence-corrected chi connectivity index (χ3v) is 4.65. The van der Waals surface area contributed by atoms with Gasteiger partial charge < -0.3 is 10.4 Å². The van der Waals surface area contributed by atoms with Crippen LogP contribution in [-0.2, 0) is 4.79 Å². The van der Waals surface area contributed by atoms with Crippen molar-refractivity contribution in [2.75, 3.05) is 11.9 Å². The van der Waals surface area contributed by atoms with Crippen molar-refractivity contribution in [2.24, 2.45) is 0 Å². The fourth-order valence-corrected chi connectivity index (χ4v) is 3.55. The molecular formula is C17H17N3O2S. The first-order chi connectivity index (χ1) is 11.1. The summed E-state index contributed by atoms with van der Waals surface area (Å²) in [5, 5.41) is 12.9. The highest BCUT2D eigenvalue weighted by Gasteiger charge is 2.16. The lowest BCUT2D eigenvalue weighted by molar-refractivity contribution is -0.136. The molecule has 0 unspecified atom stereocenters. The van der Waals surface area contributed by atoms with Crippen molar-refractivity contribution in [3.05, 3.63) is 41.0 Å². The number of thiophene rings is 1. The fourth-order valence-electron chi connectivity index (χ4n) is 2.53. The summed E-state index contributed by atoms with van der Waals surface area (Å²) in [6, 6.07) is 8.36. The largest absolute Gasteiger partial charge is 0.481 e. The normalized spacial score (nSPS) is 10.9. The Hall–Kier alpha value is -2.47. The number of carboxylic acid groups (broad SMARTS) is 1. The first-order valence-corrected chi connectivity index (χ1v) is 8.14. The van der Waals surface area contributed by atoms with Crippen molar-refractivity contribution in [2.45, 2.75) is 20.3 Å². The van der Waals surface area contributed by atoms with Gasteiger partial charge in [0, 0.05) is 17.0 Å². The highest BCUT2D eigenvalue weighted by Crippen LogP contribution is 2.40. The summed E-state index contributed by atoms with van der Waals surface area (Å²) < 4.78 is 0. The summed E-state index contributed by atoms with van der Waals surface area (Å²) in [7, 11) is 0.